The average Bonchev–Trinajstić information content (AvgIpc) is 2.29. The standard InChI is InChI=1S/C12H23NO/c1-9-6-10(2)13(7-9)8-12(4,5)11(3)14/h9-10H,6-8H2,1-5H3. The van der Waals surface area contributed by atoms with Gasteiger partial charge in [0.2, 0.25) is 0 Å². The summed E-state index contributed by atoms with van der Waals surface area (Å²) in [5.74, 6) is 1.08. The Labute approximate surface area is 87.7 Å². The summed E-state index contributed by atoms with van der Waals surface area (Å²) in [7, 11) is 0. The lowest BCUT2D eigenvalue weighted by Gasteiger charge is -2.30. The zero-order valence-electron chi connectivity index (χ0n) is 10.1. The molecule has 0 aromatic rings. The van der Waals surface area contributed by atoms with E-state index in [1.54, 1.807) is 6.92 Å². The van der Waals surface area contributed by atoms with Crippen LogP contribution in [0.5, 0.6) is 0 Å². The van der Waals surface area contributed by atoms with Crippen LogP contribution in [-0.2, 0) is 4.79 Å². The number of hydrogen-bond donors (Lipinski definition) is 0. The smallest absolute Gasteiger partial charge is 0.136 e. The van der Waals surface area contributed by atoms with Gasteiger partial charge < -0.3 is 0 Å². The Bertz CT molecular complexity index is 222. The van der Waals surface area contributed by atoms with Crippen molar-refractivity contribution in [1.82, 2.24) is 4.90 Å². The number of rotatable bonds is 3. The number of likely N-dealkylation sites (tertiary alicyclic amines) is 1. The summed E-state index contributed by atoms with van der Waals surface area (Å²) in [5.41, 5.74) is -0.182. The molecular weight excluding hydrogens is 174 g/mol. The number of carbonyl (C=O) groups excluding carboxylic acids is 1. The van der Waals surface area contributed by atoms with E-state index >= 15 is 0 Å². The van der Waals surface area contributed by atoms with E-state index in [1.807, 2.05) is 13.8 Å². The Hall–Kier alpha value is -0.370. The van der Waals surface area contributed by atoms with Crippen molar-refractivity contribution in [3.05, 3.63) is 0 Å². The molecule has 2 unspecified atom stereocenters. The first-order chi connectivity index (χ1) is 6.33. The second kappa shape index (κ2) is 4.01. The fourth-order valence-corrected chi connectivity index (χ4v) is 2.23. The van der Waals surface area contributed by atoms with Gasteiger partial charge in [0.25, 0.3) is 0 Å². The maximum Gasteiger partial charge on any atom is 0.136 e. The average molecular weight is 197 g/mol. The van der Waals surface area contributed by atoms with Crippen LogP contribution in [0.2, 0.25) is 0 Å². The fourth-order valence-electron chi connectivity index (χ4n) is 2.23. The minimum Gasteiger partial charge on any atom is -0.299 e. The molecule has 1 aliphatic rings. The zero-order valence-corrected chi connectivity index (χ0v) is 10.1. The van der Waals surface area contributed by atoms with Crippen LogP contribution in [0.4, 0.5) is 0 Å². The van der Waals surface area contributed by atoms with Gasteiger partial charge in [0.1, 0.15) is 5.78 Å². The molecular formula is C12H23NO. The minimum atomic E-state index is -0.182. The van der Waals surface area contributed by atoms with E-state index < -0.39 is 0 Å². The molecule has 0 radical (unpaired) electrons. The van der Waals surface area contributed by atoms with Crippen molar-refractivity contribution < 1.29 is 4.79 Å². The molecule has 0 N–H and O–H groups in total. The molecule has 1 rings (SSSR count). The van der Waals surface area contributed by atoms with Crippen molar-refractivity contribution in [2.24, 2.45) is 11.3 Å². The fraction of sp³-hybridized carbons (Fsp3) is 0.917. The van der Waals surface area contributed by atoms with Crippen molar-refractivity contribution in [2.75, 3.05) is 13.1 Å². The molecule has 82 valence electrons. The molecule has 2 heteroatoms. The number of carbonyl (C=O) groups is 1. The molecule has 2 atom stereocenters. The first-order valence-corrected chi connectivity index (χ1v) is 5.58. The van der Waals surface area contributed by atoms with Crippen LogP contribution in [0.25, 0.3) is 0 Å². The number of Topliss-reactive ketones (excluding diaryl/α,β-unsaturated/α-hetero) is 1. The second-order valence-corrected chi connectivity index (χ2v) is 5.56. The molecule has 0 amide bonds. The monoisotopic (exact) mass is 197 g/mol. The SMILES string of the molecule is CC(=O)C(C)(C)CN1CC(C)CC1C. The van der Waals surface area contributed by atoms with Gasteiger partial charge in [0.15, 0.2) is 0 Å². The first kappa shape index (κ1) is 11.7. The molecule has 14 heavy (non-hydrogen) atoms. The third-order valence-electron chi connectivity index (χ3n) is 3.46. The lowest BCUT2D eigenvalue weighted by atomic mass is 9.88. The highest BCUT2D eigenvalue weighted by molar-refractivity contribution is 5.81. The van der Waals surface area contributed by atoms with Crippen LogP contribution < -0.4 is 0 Å². The maximum absolute atomic E-state index is 11.4. The van der Waals surface area contributed by atoms with Crippen molar-refractivity contribution in [1.29, 1.82) is 0 Å². The highest BCUT2D eigenvalue weighted by Gasteiger charge is 2.33. The highest BCUT2D eigenvalue weighted by atomic mass is 16.1. The predicted octanol–water partition coefficient (Wildman–Crippen LogP) is 2.33. The molecule has 0 spiro atoms. The van der Waals surface area contributed by atoms with Crippen molar-refractivity contribution in [3.63, 3.8) is 0 Å². The van der Waals surface area contributed by atoms with E-state index in [-0.39, 0.29) is 5.41 Å². The lowest BCUT2D eigenvalue weighted by Crippen LogP contribution is -2.40. The molecule has 1 fully saturated rings. The summed E-state index contributed by atoms with van der Waals surface area (Å²) in [6.45, 7) is 12.4. The summed E-state index contributed by atoms with van der Waals surface area (Å²) < 4.78 is 0. The van der Waals surface area contributed by atoms with E-state index in [0.717, 1.165) is 19.0 Å². The van der Waals surface area contributed by atoms with Gasteiger partial charge in [-0.25, -0.2) is 0 Å². The summed E-state index contributed by atoms with van der Waals surface area (Å²) >= 11 is 0. The van der Waals surface area contributed by atoms with Crippen LogP contribution in [0.15, 0.2) is 0 Å². The summed E-state index contributed by atoms with van der Waals surface area (Å²) in [4.78, 5) is 13.9. The van der Waals surface area contributed by atoms with E-state index in [0.29, 0.717) is 11.8 Å². The molecule has 0 aromatic heterocycles. The van der Waals surface area contributed by atoms with Gasteiger partial charge in [0, 0.05) is 24.5 Å². The van der Waals surface area contributed by atoms with Gasteiger partial charge >= 0.3 is 0 Å². The van der Waals surface area contributed by atoms with E-state index in [9.17, 15) is 4.79 Å². The van der Waals surface area contributed by atoms with Crippen LogP contribution >= 0.6 is 0 Å². The summed E-state index contributed by atoms with van der Waals surface area (Å²) in [6, 6.07) is 0.642. The van der Waals surface area contributed by atoms with Gasteiger partial charge in [-0.3, -0.25) is 9.69 Å². The number of hydrogen-bond acceptors (Lipinski definition) is 2. The number of nitrogens with zero attached hydrogens (tertiary/aromatic N) is 1. The van der Waals surface area contributed by atoms with Crippen LogP contribution in [0.1, 0.15) is 41.0 Å². The van der Waals surface area contributed by atoms with Crippen LogP contribution in [-0.4, -0.2) is 29.8 Å². The third-order valence-corrected chi connectivity index (χ3v) is 3.46. The lowest BCUT2D eigenvalue weighted by molar-refractivity contribution is -0.125. The van der Waals surface area contributed by atoms with Crippen molar-refractivity contribution in [3.8, 4) is 0 Å². The third kappa shape index (κ3) is 2.57. The quantitative estimate of drug-likeness (QED) is 0.692. The molecule has 0 aliphatic carbocycles. The Morgan fingerprint density at radius 1 is 1.43 bits per heavy atom. The summed E-state index contributed by atoms with van der Waals surface area (Å²) in [6.07, 6.45) is 1.27. The van der Waals surface area contributed by atoms with Gasteiger partial charge in [-0.1, -0.05) is 20.8 Å². The molecule has 2 nitrogen and oxygen atoms in total. The maximum atomic E-state index is 11.4. The van der Waals surface area contributed by atoms with E-state index in [4.69, 9.17) is 0 Å². The molecule has 1 aliphatic heterocycles. The molecule has 1 heterocycles. The molecule has 0 aromatic carbocycles. The zero-order chi connectivity index (χ0) is 10.9. The summed E-state index contributed by atoms with van der Waals surface area (Å²) in [5, 5.41) is 0. The van der Waals surface area contributed by atoms with Crippen molar-refractivity contribution in [2.45, 2.75) is 47.1 Å². The van der Waals surface area contributed by atoms with Crippen molar-refractivity contribution >= 4 is 5.78 Å². The Morgan fingerprint density at radius 3 is 2.36 bits per heavy atom. The number of ketones is 1. The van der Waals surface area contributed by atoms with Gasteiger partial charge in [0.05, 0.1) is 0 Å². The molecule has 1 saturated heterocycles. The predicted molar refractivity (Wildman–Crippen MR) is 59.3 cm³/mol. The Morgan fingerprint density at radius 2 is 2.00 bits per heavy atom. The van der Waals surface area contributed by atoms with E-state index in [1.165, 1.54) is 6.42 Å². The highest BCUT2D eigenvalue weighted by Crippen LogP contribution is 2.27. The van der Waals surface area contributed by atoms with Crippen LogP contribution in [0.3, 0.4) is 0 Å². The Balaban J connectivity index is 2.56. The topological polar surface area (TPSA) is 20.3 Å². The molecule has 0 bridgehead atoms. The molecule has 0 saturated carbocycles. The van der Waals surface area contributed by atoms with E-state index in [2.05, 4.69) is 18.7 Å². The van der Waals surface area contributed by atoms with Gasteiger partial charge in [-0.15, -0.1) is 0 Å². The normalized spacial score (nSPS) is 29.5. The Kier molecular flexibility index (Phi) is 3.36. The second-order valence-electron chi connectivity index (χ2n) is 5.56. The first-order valence-electron chi connectivity index (χ1n) is 5.58. The van der Waals surface area contributed by atoms with Crippen LogP contribution in [0, 0.1) is 11.3 Å². The van der Waals surface area contributed by atoms with Gasteiger partial charge in [-0.2, -0.15) is 0 Å². The largest absolute Gasteiger partial charge is 0.299 e. The minimum absolute atomic E-state index is 0.182. The van der Waals surface area contributed by atoms with Gasteiger partial charge in [-0.05, 0) is 26.2 Å².